The molecule has 0 saturated heterocycles. The van der Waals surface area contributed by atoms with Crippen molar-refractivity contribution in [2.45, 2.75) is 24.7 Å². The lowest BCUT2D eigenvalue weighted by Gasteiger charge is -2.18. The van der Waals surface area contributed by atoms with Crippen molar-refractivity contribution in [3.63, 3.8) is 0 Å². The Hall–Kier alpha value is -1.57. The second kappa shape index (κ2) is 6.25. The van der Waals surface area contributed by atoms with Gasteiger partial charge in [-0.25, -0.2) is 8.42 Å². The molecule has 1 aromatic rings. The Bertz CT molecular complexity index is 631. The van der Waals surface area contributed by atoms with Gasteiger partial charge < -0.3 is 0 Å². The molecule has 3 nitrogen and oxygen atoms in total. The highest BCUT2D eigenvalue weighted by Crippen LogP contribution is 2.27. The van der Waals surface area contributed by atoms with Gasteiger partial charge in [0.05, 0.1) is 11.4 Å². The average Bonchev–Trinajstić information content (AvgIpc) is 3.22. The third-order valence-electron chi connectivity index (χ3n) is 3.13. The summed E-state index contributed by atoms with van der Waals surface area (Å²) in [5.41, 5.74) is 1.03. The van der Waals surface area contributed by atoms with Gasteiger partial charge >= 0.3 is 0 Å². The lowest BCUT2D eigenvalue weighted by molar-refractivity contribution is 0.478. The van der Waals surface area contributed by atoms with E-state index in [1.54, 1.807) is 30.3 Å². The van der Waals surface area contributed by atoms with Gasteiger partial charge in [-0.1, -0.05) is 35.6 Å². The van der Waals surface area contributed by atoms with Gasteiger partial charge in [0.1, 0.15) is 0 Å². The molecule has 1 aromatic carbocycles. The summed E-state index contributed by atoms with van der Waals surface area (Å²) in [5.74, 6) is 6.53. The number of sulfonamides is 1. The van der Waals surface area contributed by atoms with Gasteiger partial charge in [-0.15, -0.1) is 6.58 Å². The van der Waals surface area contributed by atoms with E-state index in [2.05, 4.69) is 18.4 Å². The quantitative estimate of drug-likeness (QED) is 0.617. The van der Waals surface area contributed by atoms with Gasteiger partial charge in [0.15, 0.2) is 0 Å². The Labute approximate surface area is 121 Å². The molecular weight excluding hydrogens is 270 g/mol. The maximum atomic E-state index is 12.5. The van der Waals surface area contributed by atoms with Crippen LogP contribution in [0.5, 0.6) is 0 Å². The van der Waals surface area contributed by atoms with Crippen LogP contribution in [0.4, 0.5) is 0 Å². The fraction of sp³-hybridized carbons (Fsp3) is 0.375. The van der Waals surface area contributed by atoms with Crippen molar-refractivity contribution in [2.24, 2.45) is 5.92 Å². The largest absolute Gasteiger partial charge is 0.244 e. The Kier molecular flexibility index (Phi) is 4.64. The number of rotatable bonds is 5. The van der Waals surface area contributed by atoms with E-state index in [0.717, 1.165) is 18.4 Å². The predicted molar refractivity (Wildman–Crippen MR) is 80.6 cm³/mol. The molecule has 106 valence electrons. The van der Waals surface area contributed by atoms with Crippen LogP contribution in [0.2, 0.25) is 0 Å². The average molecular weight is 289 g/mol. The maximum absolute atomic E-state index is 12.5. The van der Waals surface area contributed by atoms with Crippen LogP contribution in [-0.2, 0) is 10.0 Å². The van der Waals surface area contributed by atoms with Crippen molar-refractivity contribution in [1.29, 1.82) is 0 Å². The summed E-state index contributed by atoms with van der Waals surface area (Å²) in [6.45, 7) is 6.05. The van der Waals surface area contributed by atoms with E-state index in [1.807, 2.05) is 6.92 Å². The molecule has 1 fully saturated rings. The molecule has 1 saturated carbocycles. The molecule has 0 bridgehead atoms. The van der Waals surface area contributed by atoms with Crippen LogP contribution in [0.25, 0.3) is 0 Å². The summed E-state index contributed by atoms with van der Waals surface area (Å²) >= 11 is 0. The van der Waals surface area contributed by atoms with Gasteiger partial charge in [-0.05, 0) is 31.9 Å². The molecule has 0 radical (unpaired) electrons. The zero-order chi connectivity index (χ0) is 14.6. The normalized spacial score (nSPS) is 14.7. The second-order valence-corrected chi connectivity index (χ2v) is 6.93. The first kappa shape index (κ1) is 14.8. The molecule has 4 heteroatoms. The van der Waals surface area contributed by atoms with Crippen molar-refractivity contribution >= 4 is 10.0 Å². The summed E-state index contributed by atoms with van der Waals surface area (Å²) in [7, 11) is -3.50. The van der Waals surface area contributed by atoms with E-state index in [0.29, 0.717) is 10.8 Å². The highest BCUT2D eigenvalue weighted by molar-refractivity contribution is 7.89. The van der Waals surface area contributed by atoms with E-state index in [1.165, 1.54) is 4.31 Å². The van der Waals surface area contributed by atoms with Crippen LogP contribution in [-0.4, -0.2) is 25.8 Å². The minimum Gasteiger partial charge on any atom is -0.207 e. The Balaban J connectivity index is 2.19. The summed E-state index contributed by atoms with van der Waals surface area (Å²) in [6.07, 6.45) is 3.86. The molecule has 0 aromatic heterocycles. The van der Waals surface area contributed by atoms with Gasteiger partial charge in [0.2, 0.25) is 10.0 Å². The molecule has 1 aliphatic carbocycles. The lowest BCUT2D eigenvalue weighted by atomic mass is 10.2. The number of aryl methyl sites for hydroxylation is 1. The third kappa shape index (κ3) is 3.72. The predicted octanol–water partition coefficient (Wildman–Crippen LogP) is 2.59. The molecule has 0 N–H and O–H groups in total. The molecular formula is C16H19NO2S. The lowest BCUT2D eigenvalue weighted by Crippen LogP contribution is -2.31. The molecule has 0 atom stereocenters. The number of hydrogen-bond donors (Lipinski definition) is 0. The Morgan fingerprint density at radius 2 is 2.00 bits per heavy atom. The first-order valence-corrected chi connectivity index (χ1v) is 8.14. The molecule has 20 heavy (non-hydrogen) atoms. The minimum atomic E-state index is -3.50. The Morgan fingerprint density at radius 1 is 1.35 bits per heavy atom. The molecule has 0 amide bonds. The van der Waals surface area contributed by atoms with Crippen molar-refractivity contribution in [1.82, 2.24) is 4.31 Å². The van der Waals surface area contributed by atoms with Crippen molar-refractivity contribution in [3.05, 3.63) is 42.5 Å². The SMILES string of the molecule is C=CCN(CC#CC1CC1)S(=O)(=O)c1ccc(C)cc1. The number of hydrogen-bond acceptors (Lipinski definition) is 2. The summed E-state index contributed by atoms with van der Waals surface area (Å²) in [4.78, 5) is 0.304. The van der Waals surface area contributed by atoms with E-state index < -0.39 is 10.0 Å². The molecule has 0 unspecified atom stereocenters. The van der Waals surface area contributed by atoms with E-state index in [-0.39, 0.29) is 13.1 Å². The topological polar surface area (TPSA) is 37.4 Å². The molecule has 0 heterocycles. The zero-order valence-electron chi connectivity index (χ0n) is 11.7. The first-order chi connectivity index (χ1) is 9.54. The van der Waals surface area contributed by atoms with E-state index >= 15 is 0 Å². The first-order valence-electron chi connectivity index (χ1n) is 6.70. The van der Waals surface area contributed by atoms with E-state index in [9.17, 15) is 8.42 Å². The second-order valence-electron chi connectivity index (χ2n) is 4.99. The minimum absolute atomic E-state index is 0.221. The fourth-order valence-electron chi connectivity index (χ4n) is 1.76. The van der Waals surface area contributed by atoms with Crippen LogP contribution in [0.3, 0.4) is 0 Å². The van der Waals surface area contributed by atoms with Crippen LogP contribution < -0.4 is 0 Å². The van der Waals surface area contributed by atoms with Gasteiger partial charge in [-0.3, -0.25) is 0 Å². The van der Waals surface area contributed by atoms with Crippen molar-refractivity contribution < 1.29 is 8.42 Å². The van der Waals surface area contributed by atoms with Gasteiger partial charge in [0, 0.05) is 12.5 Å². The van der Waals surface area contributed by atoms with Crippen molar-refractivity contribution in [2.75, 3.05) is 13.1 Å². The van der Waals surface area contributed by atoms with E-state index in [4.69, 9.17) is 0 Å². The van der Waals surface area contributed by atoms with Crippen LogP contribution in [0.15, 0.2) is 41.8 Å². The summed E-state index contributed by atoms with van der Waals surface area (Å²) in [6, 6.07) is 6.87. The van der Waals surface area contributed by atoms with Crippen LogP contribution in [0.1, 0.15) is 18.4 Å². The van der Waals surface area contributed by atoms with Gasteiger partial charge in [-0.2, -0.15) is 4.31 Å². The molecule has 1 aliphatic rings. The van der Waals surface area contributed by atoms with Crippen LogP contribution in [0, 0.1) is 24.7 Å². The summed E-state index contributed by atoms with van der Waals surface area (Å²) < 4.78 is 26.4. The number of nitrogens with zero attached hydrogens (tertiary/aromatic N) is 1. The summed E-state index contributed by atoms with van der Waals surface area (Å²) in [5, 5.41) is 0. The fourth-order valence-corrected chi connectivity index (χ4v) is 3.07. The maximum Gasteiger partial charge on any atom is 0.244 e. The molecule has 2 rings (SSSR count). The van der Waals surface area contributed by atoms with Crippen LogP contribution >= 0.6 is 0 Å². The zero-order valence-corrected chi connectivity index (χ0v) is 12.5. The standard InChI is InChI=1S/C16H19NO2S/c1-3-12-17(13-4-5-15-8-9-15)20(18,19)16-10-6-14(2)7-11-16/h3,6-7,10-11,15H,1,8-9,12-13H2,2H3. The van der Waals surface area contributed by atoms with Gasteiger partial charge in [0.25, 0.3) is 0 Å². The highest BCUT2D eigenvalue weighted by atomic mass is 32.2. The smallest absolute Gasteiger partial charge is 0.207 e. The molecule has 0 spiro atoms. The molecule has 0 aliphatic heterocycles. The number of benzene rings is 1. The highest BCUT2D eigenvalue weighted by Gasteiger charge is 2.23. The van der Waals surface area contributed by atoms with Crippen molar-refractivity contribution in [3.8, 4) is 11.8 Å². The Morgan fingerprint density at radius 3 is 2.55 bits per heavy atom. The monoisotopic (exact) mass is 289 g/mol. The third-order valence-corrected chi connectivity index (χ3v) is 4.96.